The van der Waals surface area contributed by atoms with Gasteiger partial charge in [-0.05, 0) is 55.6 Å². The summed E-state index contributed by atoms with van der Waals surface area (Å²) >= 11 is 0. The Balaban J connectivity index is 2.10. The van der Waals surface area contributed by atoms with Gasteiger partial charge in [-0.2, -0.15) is 0 Å². The highest BCUT2D eigenvalue weighted by Gasteiger charge is 2.24. The van der Waals surface area contributed by atoms with Crippen LogP contribution in [0.5, 0.6) is 0 Å². The van der Waals surface area contributed by atoms with Gasteiger partial charge in [0.15, 0.2) is 0 Å². The molecule has 1 aromatic rings. The molecule has 1 aromatic heterocycles. The van der Waals surface area contributed by atoms with E-state index >= 15 is 0 Å². The van der Waals surface area contributed by atoms with Crippen LogP contribution >= 0.6 is 0 Å². The van der Waals surface area contributed by atoms with Crippen molar-refractivity contribution in [3.05, 3.63) is 23.4 Å². The van der Waals surface area contributed by atoms with Gasteiger partial charge in [0.25, 0.3) is 0 Å². The van der Waals surface area contributed by atoms with Crippen molar-refractivity contribution in [3.63, 3.8) is 0 Å². The van der Waals surface area contributed by atoms with Gasteiger partial charge in [-0.25, -0.2) is 4.98 Å². The molecule has 0 aromatic carbocycles. The molecule has 0 aliphatic carbocycles. The number of anilines is 1. The molecule has 0 amide bonds. The van der Waals surface area contributed by atoms with Gasteiger partial charge >= 0.3 is 0 Å². The Morgan fingerprint density at radius 3 is 2.76 bits per heavy atom. The van der Waals surface area contributed by atoms with Crippen LogP contribution in [-0.2, 0) is 6.42 Å². The molecule has 1 aliphatic rings. The number of pyridine rings is 1. The van der Waals surface area contributed by atoms with E-state index in [0.717, 1.165) is 25.9 Å². The normalized spacial score (nSPS) is 20.1. The van der Waals surface area contributed by atoms with Gasteiger partial charge in [-0.15, -0.1) is 0 Å². The maximum atomic E-state index is 6.05. The molecule has 0 bridgehead atoms. The van der Waals surface area contributed by atoms with Crippen LogP contribution < -0.4 is 10.6 Å². The molecule has 1 atom stereocenters. The summed E-state index contributed by atoms with van der Waals surface area (Å²) < 4.78 is 0. The smallest absolute Gasteiger partial charge is 0.131 e. The highest BCUT2D eigenvalue weighted by molar-refractivity contribution is 5.47. The first kappa shape index (κ1) is 16.3. The highest BCUT2D eigenvalue weighted by Crippen LogP contribution is 2.32. The molecule has 1 saturated heterocycles. The number of hydrogen-bond donors (Lipinski definition) is 1. The molecule has 21 heavy (non-hydrogen) atoms. The van der Waals surface area contributed by atoms with E-state index in [4.69, 9.17) is 10.7 Å². The number of rotatable bonds is 4. The first-order valence-corrected chi connectivity index (χ1v) is 8.37. The Morgan fingerprint density at radius 2 is 2.10 bits per heavy atom. The third-order valence-corrected chi connectivity index (χ3v) is 4.77. The molecule has 1 unspecified atom stereocenters. The maximum absolute atomic E-state index is 6.05. The van der Waals surface area contributed by atoms with Crippen molar-refractivity contribution in [3.8, 4) is 0 Å². The minimum absolute atomic E-state index is 0.246. The second-order valence-electron chi connectivity index (χ2n) is 7.36. The highest BCUT2D eigenvalue weighted by atomic mass is 15.2. The molecule has 1 fully saturated rings. The van der Waals surface area contributed by atoms with Crippen LogP contribution in [-0.4, -0.2) is 24.1 Å². The molecule has 0 radical (unpaired) electrons. The van der Waals surface area contributed by atoms with E-state index in [1.165, 1.54) is 36.2 Å². The zero-order chi connectivity index (χ0) is 15.5. The lowest BCUT2D eigenvalue weighted by Crippen LogP contribution is -2.27. The van der Waals surface area contributed by atoms with Gasteiger partial charge in [0.1, 0.15) is 5.82 Å². The van der Waals surface area contributed by atoms with E-state index in [2.05, 4.69) is 38.7 Å². The van der Waals surface area contributed by atoms with Gasteiger partial charge in [-0.3, -0.25) is 0 Å². The summed E-state index contributed by atoms with van der Waals surface area (Å²) in [5, 5.41) is 0. The van der Waals surface area contributed by atoms with Crippen LogP contribution in [0.25, 0.3) is 0 Å². The quantitative estimate of drug-likeness (QED) is 0.919. The Labute approximate surface area is 129 Å². The van der Waals surface area contributed by atoms with E-state index in [0.29, 0.717) is 5.41 Å². The van der Waals surface area contributed by atoms with Crippen molar-refractivity contribution >= 4 is 5.82 Å². The summed E-state index contributed by atoms with van der Waals surface area (Å²) in [5.41, 5.74) is 9.07. The Bertz CT molecular complexity index is 468. The van der Waals surface area contributed by atoms with Crippen molar-refractivity contribution in [2.45, 2.75) is 65.8 Å². The second-order valence-corrected chi connectivity index (χ2v) is 7.36. The summed E-state index contributed by atoms with van der Waals surface area (Å²) in [4.78, 5) is 7.21. The van der Waals surface area contributed by atoms with Crippen LogP contribution in [0.2, 0.25) is 0 Å². The predicted octanol–water partition coefficient (Wildman–Crippen LogP) is 3.69. The fourth-order valence-corrected chi connectivity index (χ4v) is 3.15. The molecule has 1 aliphatic heterocycles. The third kappa shape index (κ3) is 4.44. The van der Waals surface area contributed by atoms with Crippen molar-refractivity contribution in [1.29, 1.82) is 0 Å². The number of nitrogens with two attached hydrogens (primary N) is 1. The standard InChI is InChI=1S/C18H31N3/c1-5-16(19)12-15-11-14(2)17(20-13-15)21-9-6-7-18(3,4)8-10-21/h11,13,16H,5-10,12,19H2,1-4H3. The SMILES string of the molecule is CCC(N)Cc1cnc(N2CCCC(C)(C)CC2)c(C)c1. The van der Waals surface area contributed by atoms with Crippen LogP contribution in [0.1, 0.15) is 57.6 Å². The maximum Gasteiger partial charge on any atom is 0.131 e. The van der Waals surface area contributed by atoms with Gasteiger partial charge < -0.3 is 10.6 Å². The molecule has 3 heteroatoms. The molecule has 3 nitrogen and oxygen atoms in total. The molecule has 2 heterocycles. The van der Waals surface area contributed by atoms with Crippen molar-refractivity contribution in [1.82, 2.24) is 4.98 Å². The topological polar surface area (TPSA) is 42.1 Å². The second kappa shape index (κ2) is 6.78. The number of hydrogen-bond acceptors (Lipinski definition) is 3. The molecule has 0 saturated carbocycles. The average Bonchev–Trinajstić information content (AvgIpc) is 2.60. The van der Waals surface area contributed by atoms with E-state index in [9.17, 15) is 0 Å². The van der Waals surface area contributed by atoms with E-state index in [1.54, 1.807) is 0 Å². The van der Waals surface area contributed by atoms with Crippen molar-refractivity contribution in [2.24, 2.45) is 11.1 Å². The molecular formula is C18H31N3. The lowest BCUT2D eigenvalue weighted by molar-refractivity contribution is 0.325. The Hall–Kier alpha value is -1.09. The van der Waals surface area contributed by atoms with Crippen molar-refractivity contribution < 1.29 is 0 Å². The summed E-state index contributed by atoms with van der Waals surface area (Å²) in [6.45, 7) is 11.3. The largest absolute Gasteiger partial charge is 0.356 e. The van der Waals surface area contributed by atoms with Gasteiger partial charge in [0.2, 0.25) is 0 Å². The van der Waals surface area contributed by atoms with Crippen LogP contribution in [0, 0.1) is 12.3 Å². The summed E-state index contributed by atoms with van der Waals surface area (Å²) in [5.74, 6) is 1.17. The first-order chi connectivity index (χ1) is 9.91. The van der Waals surface area contributed by atoms with Crippen molar-refractivity contribution in [2.75, 3.05) is 18.0 Å². The summed E-state index contributed by atoms with van der Waals surface area (Å²) in [6, 6.07) is 2.52. The Morgan fingerprint density at radius 1 is 1.33 bits per heavy atom. The summed E-state index contributed by atoms with van der Waals surface area (Å²) in [6.07, 6.45) is 7.78. The Kier molecular flexibility index (Phi) is 5.26. The van der Waals surface area contributed by atoms with Gasteiger partial charge in [0, 0.05) is 25.3 Å². The fraction of sp³-hybridized carbons (Fsp3) is 0.722. The van der Waals surface area contributed by atoms with E-state index in [-0.39, 0.29) is 6.04 Å². The number of nitrogens with zero attached hydrogens (tertiary/aromatic N) is 2. The molecule has 2 N–H and O–H groups in total. The van der Waals surface area contributed by atoms with Crippen LogP contribution in [0.15, 0.2) is 12.3 Å². The van der Waals surface area contributed by atoms with Gasteiger partial charge in [0.05, 0.1) is 0 Å². The number of aromatic nitrogens is 1. The van der Waals surface area contributed by atoms with E-state index < -0.39 is 0 Å². The molecular weight excluding hydrogens is 258 g/mol. The lowest BCUT2D eigenvalue weighted by Gasteiger charge is -2.25. The van der Waals surface area contributed by atoms with Crippen LogP contribution in [0.3, 0.4) is 0 Å². The van der Waals surface area contributed by atoms with E-state index in [1.807, 2.05) is 6.20 Å². The lowest BCUT2D eigenvalue weighted by atomic mass is 9.85. The molecule has 118 valence electrons. The number of aryl methyl sites for hydroxylation is 1. The van der Waals surface area contributed by atoms with Gasteiger partial charge in [-0.1, -0.05) is 26.8 Å². The third-order valence-electron chi connectivity index (χ3n) is 4.77. The van der Waals surface area contributed by atoms with Crippen LogP contribution in [0.4, 0.5) is 5.82 Å². The molecule has 0 spiro atoms. The monoisotopic (exact) mass is 289 g/mol. The summed E-state index contributed by atoms with van der Waals surface area (Å²) in [7, 11) is 0. The fourth-order valence-electron chi connectivity index (χ4n) is 3.15. The zero-order valence-electron chi connectivity index (χ0n) is 14.2. The molecule has 2 rings (SSSR count). The average molecular weight is 289 g/mol. The minimum Gasteiger partial charge on any atom is -0.356 e. The zero-order valence-corrected chi connectivity index (χ0v) is 14.2. The first-order valence-electron chi connectivity index (χ1n) is 8.37. The predicted molar refractivity (Wildman–Crippen MR) is 90.8 cm³/mol. The minimum atomic E-state index is 0.246.